The van der Waals surface area contributed by atoms with Crippen LogP contribution in [-0.4, -0.2) is 261 Å². The number of hydrogen-bond acceptors (Lipinski definition) is 27. The molecule has 3 aromatic rings. The Morgan fingerprint density at radius 2 is 1.06 bits per heavy atom. The van der Waals surface area contributed by atoms with E-state index in [-0.39, 0.29) is 29.2 Å². The molecule has 6 amide bonds. The number of nitrogens with zero attached hydrogens (tertiary/aromatic N) is 3. The number of anilines is 2. The Bertz CT molecular complexity index is 2780. The minimum Gasteiger partial charge on any atom is -0.481 e. The zero-order valence-corrected chi connectivity index (χ0v) is 42.9. The monoisotopic (exact) mass is 1170 g/mol. The van der Waals surface area contributed by atoms with Gasteiger partial charge in [-0.05, 0) is 37.6 Å². The van der Waals surface area contributed by atoms with Crippen molar-refractivity contribution in [3.63, 3.8) is 0 Å². The van der Waals surface area contributed by atoms with E-state index in [4.69, 9.17) is 10.8 Å². The van der Waals surface area contributed by atoms with Crippen LogP contribution in [0.1, 0.15) is 48.7 Å². The molecule has 0 spiro atoms. The first-order chi connectivity index (χ1) is 38.4. The van der Waals surface area contributed by atoms with Gasteiger partial charge in [-0.25, -0.2) is 14.8 Å². The van der Waals surface area contributed by atoms with Gasteiger partial charge in [0, 0.05) is 17.7 Å². The van der Waals surface area contributed by atoms with Gasteiger partial charge in [-0.15, -0.1) is 0 Å². The smallest absolute Gasteiger partial charge is 0.326 e. The summed E-state index contributed by atoms with van der Waals surface area (Å²) in [5.41, 5.74) is 5.46. The maximum Gasteiger partial charge on any atom is 0.326 e. The van der Waals surface area contributed by atoms with E-state index in [9.17, 15) is 119 Å². The van der Waals surface area contributed by atoms with Crippen molar-refractivity contribution >= 4 is 76.2 Å². The van der Waals surface area contributed by atoms with Gasteiger partial charge in [0.25, 0.3) is 11.5 Å². The lowest BCUT2D eigenvalue weighted by atomic mass is 9.98. The second kappa shape index (κ2) is 31.7. The molecule has 2 aromatic heterocycles. The van der Waals surface area contributed by atoms with Gasteiger partial charge in [0.1, 0.15) is 85.1 Å². The summed E-state index contributed by atoms with van der Waals surface area (Å²) in [6, 6.07) is -8.15. The molecule has 0 fully saturated rings. The summed E-state index contributed by atoms with van der Waals surface area (Å²) < 4.78 is 0. The van der Waals surface area contributed by atoms with E-state index >= 15 is 0 Å². The number of aromatic nitrogens is 4. The molecule has 1 aromatic carbocycles. The second-order valence-electron chi connectivity index (χ2n) is 18.2. The van der Waals surface area contributed by atoms with Gasteiger partial charge in [0.15, 0.2) is 11.2 Å². The number of nitrogens with one attached hydrogen (secondary N) is 8. The first-order valence-electron chi connectivity index (χ1n) is 24.2. The van der Waals surface area contributed by atoms with Gasteiger partial charge in [-0.2, -0.15) is 4.98 Å². The molecule has 25 N–H and O–H groups in total. The highest BCUT2D eigenvalue weighted by Crippen LogP contribution is 2.15. The number of carboxylic acids is 3. The van der Waals surface area contributed by atoms with Crippen molar-refractivity contribution in [2.24, 2.45) is 0 Å². The molecule has 0 aliphatic rings. The molecule has 37 nitrogen and oxygen atoms in total. The predicted molar refractivity (Wildman–Crippen MR) is 269 cm³/mol. The van der Waals surface area contributed by atoms with Crippen LogP contribution in [0.3, 0.4) is 0 Å². The van der Waals surface area contributed by atoms with E-state index in [1.54, 1.807) is 16.0 Å². The number of aliphatic hydroxyl groups excluding tert-OH is 12. The number of benzene rings is 1. The van der Waals surface area contributed by atoms with Crippen LogP contribution in [0.5, 0.6) is 0 Å². The largest absolute Gasteiger partial charge is 0.481 e. The van der Waals surface area contributed by atoms with Crippen LogP contribution in [-0.2, 0) is 44.9 Å². The van der Waals surface area contributed by atoms with Gasteiger partial charge < -0.3 is 120 Å². The first-order valence-corrected chi connectivity index (χ1v) is 24.2. The summed E-state index contributed by atoms with van der Waals surface area (Å²) in [5, 5.41) is 165. The first kappa shape index (κ1) is 68.1. The van der Waals surface area contributed by atoms with E-state index in [0.29, 0.717) is 11.4 Å². The molecule has 454 valence electrons. The van der Waals surface area contributed by atoms with Crippen molar-refractivity contribution in [3.05, 3.63) is 52.1 Å². The fourth-order valence-electron chi connectivity index (χ4n) is 7.27. The topological polar surface area (TPSA) is 639 Å². The molecular weight excluding hydrogens is 1110 g/mol. The summed E-state index contributed by atoms with van der Waals surface area (Å²) >= 11 is 0. The fraction of sp³-hybridized carbons (Fsp3) is 0.533. The number of rotatable bonds is 34. The summed E-state index contributed by atoms with van der Waals surface area (Å²) in [5.74, 6) is -14.9. The minimum absolute atomic E-state index is 0.00656. The third-order valence-corrected chi connectivity index (χ3v) is 11.9. The third kappa shape index (κ3) is 19.8. The Hall–Kier alpha value is -8.21. The maximum absolute atomic E-state index is 13.8. The van der Waals surface area contributed by atoms with Crippen molar-refractivity contribution < 1.29 is 120 Å². The number of carbonyl (C=O) groups excluding carboxylic acids is 6. The Labute approximate surface area is 460 Å². The highest BCUT2D eigenvalue weighted by atomic mass is 16.4. The third-order valence-electron chi connectivity index (χ3n) is 11.9. The molecule has 15 atom stereocenters. The number of fused-ring (bicyclic) bond motifs is 1. The van der Waals surface area contributed by atoms with Gasteiger partial charge in [0.2, 0.25) is 35.5 Å². The Morgan fingerprint density at radius 1 is 0.585 bits per heavy atom. The van der Waals surface area contributed by atoms with Crippen LogP contribution in [0.4, 0.5) is 11.6 Å². The van der Waals surface area contributed by atoms with Crippen LogP contribution < -0.4 is 48.5 Å². The number of nitrogens with two attached hydrogens (primary N) is 1. The maximum atomic E-state index is 13.8. The molecule has 0 radical (unpaired) electrons. The number of aliphatic carboxylic acids is 3. The quantitative estimate of drug-likeness (QED) is 0.0264. The SMILES string of the molecule is C[C@@H](NC(=O)[C@H](CC(=O)O)NC(=O)[C@@H](NC(=O)[C@H](CC(=O)O)NC(=O)[C@@H](NC(=O)CCC(NC(=O)c1ccc(NCc2cnc3nc(N)[nH]c(=O)c3n2)cc1)C(=O)O)[C@@H](O)[C@H](O)[C@H](O)CO)[C@@H](O)[C@H](O)[C@H](O)CO)[C@@H](O)[C@H](O)[C@H](O)CO. The minimum atomic E-state index is -2.79. The number of hydrogen-bond donors (Lipinski definition) is 24. The molecule has 82 heavy (non-hydrogen) atoms. The van der Waals surface area contributed by atoms with Crippen molar-refractivity contribution in [2.75, 3.05) is 30.9 Å². The molecule has 37 heteroatoms. The molecule has 0 saturated carbocycles. The lowest BCUT2D eigenvalue weighted by Crippen LogP contribution is -2.65. The van der Waals surface area contributed by atoms with Gasteiger partial charge in [-0.1, -0.05) is 0 Å². The molecule has 0 saturated heterocycles. The molecule has 3 rings (SSSR count). The van der Waals surface area contributed by atoms with Crippen LogP contribution in [0.15, 0.2) is 35.3 Å². The summed E-state index contributed by atoms with van der Waals surface area (Å²) in [4.78, 5) is 144. The molecule has 0 bridgehead atoms. The van der Waals surface area contributed by atoms with E-state index < -0.39 is 196 Å². The predicted octanol–water partition coefficient (Wildman–Crippen LogP) is -11.5. The van der Waals surface area contributed by atoms with Crippen LogP contribution in [0.25, 0.3) is 11.2 Å². The van der Waals surface area contributed by atoms with Crippen LogP contribution >= 0.6 is 0 Å². The zero-order valence-electron chi connectivity index (χ0n) is 42.9. The number of H-pyrrole nitrogens is 1. The van der Waals surface area contributed by atoms with Crippen LogP contribution in [0.2, 0.25) is 0 Å². The molecule has 0 aliphatic carbocycles. The molecule has 1 unspecified atom stereocenters. The average molecular weight is 1170 g/mol. The fourth-order valence-corrected chi connectivity index (χ4v) is 7.27. The number of nitrogen functional groups attached to an aromatic ring is 1. The van der Waals surface area contributed by atoms with Crippen molar-refractivity contribution in [2.45, 2.75) is 130 Å². The van der Waals surface area contributed by atoms with E-state index in [1.165, 1.54) is 30.5 Å². The van der Waals surface area contributed by atoms with Crippen molar-refractivity contribution in [1.82, 2.24) is 51.8 Å². The van der Waals surface area contributed by atoms with E-state index in [1.807, 2.05) is 10.6 Å². The highest BCUT2D eigenvalue weighted by Gasteiger charge is 2.43. The number of carbonyl (C=O) groups is 9. The second-order valence-corrected chi connectivity index (χ2v) is 18.2. The van der Waals surface area contributed by atoms with Crippen molar-refractivity contribution in [3.8, 4) is 0 Å². The zero-order chi connectivity index (χ0) is 61.9. The molecule has 2 heterocycles. The van der Waals surface area contributed by atoms with Crippen molar-refractivity contribution in [1.29, 1.82) is 0 Å². The lowest BCUT2D eigenvalue weighted by Gasteiger charge is -2.32. The average Bonchev–Trinajstić information content (AvgIpc) is 3.64. The number of aromatic amines is 1. The summed E-state index contributed by atoms with van der Waals surface area (Å²) in [6.07, 6.45) is -24.5. The number of amides is 6. The molecule has 0 aliphatic heterocycles. The standard InChI is InChI=1S/C45H64N12O25/c1-15(31(69)32(70)22(61)12-58)49-39(76)20(8-26(65)66)52-42(79)29(36(74)34(72)24(63)14-60)55-40(77)21(9-27(67)68)53-41(78)28(35(73)33(71)23(62)13-59)54-25(64)7-6-19(44(81)82)51-38(75)16-2-4-17(5-3-16)47-10-18-11-48-37-30(50-18)43(80)57-45(46)56-37/h2-5,11,15,19-24,28-29,31-36,47,58-63,69-74H,6-10,12-14H2,1H3,(H,49,76)(H,51,75)(H,52,79)(H,53,78)(H,54,64)(H,55,77)(H,65,66)(H,67,68)(H,81,82)(H3,46,48,56,57,80)/t15-,19?,20+,21+,22-,23-,24-,28+,29+,31-,32-,33-,34-,35-,36-/m1/s1. The Balaban J connectivity index is 1.84. The number of aliphatic hydroxyl groups is 12. The Morgan fingerprint density at radius 3 is 1.54 bits per heavy atom. The summed E-state index contributed by atoms with van der Waals surface area (Å²) in [6.45, 7) is -2.64. The van der Waals surface area contributed by atoms with E-state index in [2.05, 4.69) is 30.6 Å². The van der Waals surface area contributed by atoms with Gasteiger partial charge >= 0.3 is 17.9 Å². The van der Waals surface area contributed by atoms with E-state index in [0.717, 1.165) is 6.92 Å². The van der Waals surface area contributed by atoms with Gasteiger partial charge in [0.05, 0.1) is 57.1 Å². The van der Waals surface area contributed by atoms with Crippen LogP contribution in [0, 0.1) is 0 Å². The Kier molecular flexibility index (Phi) is 26.3. The van der Waals surface area contributed by atoms with Gasteiger partial charge in [-0.3, -0.25) is 48.1 Å². The molecular formula is C45H64N12O25. The highest BCUT2D eigenvalue weighted by molar-refractivity contribution is 5.99. The lowest BCUT2D eigenvalue weighted by molar-refractivity contribution is -0.146. The number of carboxylic acid groups (broad SMARTS) is 3. The summed E-state index contributed by atoms with van der Waals surface area (Å²) in [7, 11) is 0. The normalized spacial score (nSPS) is 16.9.